The van der Waals surface area contributed by atoms with Crippen LogP contribution < -0.4 is 5.32 Å². The number of rotatable bonds is 6. The number of nitrogens with one attached hydrogen (secondary N) is 1. The summed E-state index contributed by atoms with van der Waals surface area (Å²) in [6.07, 6.45) is 6.58. The number of hydrogen-bond donors (Lipinski definition) is 3. The van der Waals surface area contributed by atoms with Gasteiger partial charge in [0.25, 0.3) is 0 Å². The number of esters is 1. The Balaban J connectivity index is 1.27. The molecule has 6 aliphatic rings. The highest BCUT2D eigenvalue weighted by Crippen LogP contribution is 2.89. The molecule has 3 N–H and O–H groups in total. The molecule has 1 heterocycles. The van der Waals surface area contributed by atoms with E-state index in [4.69, 9.17) is 14.2 Å². The summed E-state index contributed by atoms with van der Waals surface area (Å²) < 4.78 is 18.5. The van der Waals surface area contributed by atoms with Gasteiger partial charge in [-0.25, -0.2) is 4.79 Å². The van der Waals surface area contributed by atoms with Crippen LogP contribution in [0.25, 0.3) is 0 Å². The molecule has 5 saturated carbocycles. The van der Waals surface area contributed by atoms with Gasteiger partial charge in [0.1, 0.15) is 6.10 Å². The first kappa shape index (κ1) is 32.6. The van der Waals surface area contributed by atoms with Gasteiger partial charge in [-0.1, -0.05) is 41.5 Å². The molecule has 1 saturated heterocycles. The van der Waals surface area contributed by atoms with E-state index in [9.17, 15) is 19.8 Å². The van der Waals surface area contributed by atoms with Gasteiger partial charge >= 0.3 is 12.1 Å². The van der Waals surface area contributed by atoms with Crippen molar-refractivity contribution in [2.45, 2.75) is 156 Å². The van der Waals surface area contributed by atoms with Gasteiger partial charge in [-0.15, -0.1) is 0 Å². The Kier molecular flexibility index (Phi) is 7.63. The molecule has 5 aliphatic carbocycles. The van der Waals surface area contributed by atoms with Crippen LogP contribution in [0.15, 0.2) is 0 Å². The molecule has 0 bridgehead atoms. The highest BCUT2D eigenvalue weighted by Gasteiger charge is 2.84. The minimum absolute atomic E-state index is 0.0765. The summed E-state index contributed by atoms with van der Waals surface area (Å²) in [6.45, 7) is 19.1. The van der Waals surface area contributed by atoms with E-state index in [0.29, 0.717) is 24.8 Å². The maximum Gasteiger partial charge on any atom is 0.407 e. The molecule has 0 aromatic carbocycles. The number of fused-ring (bicyclic) bond motifs is 4. The molecular weight excluding hydrogens is 558 g/mol. The predicted molar refractivity (Wildman–Crippen MR) is 167 cm³/mol. The Labute approximate surface area is 264 Å². The molecule has 44 heavy (non-hydrogen) atoms. The zero-order valence-electron chi connectivity index (χ0n) is 28.7. The standard InChI is InChI=1S/C36H59NO7/c1-10-17-37-30(40)44-25-13-14-35-19-36(35)16-15-33(8)26-20(2)18-22(29(32(6,7)41)42-21(3)38)43-27(26)28(39)34(33,9)24(36)12-11-23(35)31(25,4)5/h20,22-29,39,41H,10-19H2,1-9H3,(H,37,40)/t20-,22?,23+,24?,25+,26+,27?,28+,29+,33-,34-,35-,36+/m1/s1. The second-order valence-corrected chi connectivity index (χ2v) is 17.6. The fourth-order valence-corrected chi connectivity index (χ4v) is 13.0. The van der Waals surface area contributed by atoms with Crippen molar-refractivity contribution in [3.05, 3.63) is 0 Å². The molecule has 0 aromatic heterocycles. The van der Waals surface area contributed by atoms with Crippen molar-refractivity contribution in [2.75, 3.05) is 6.54 Å². The van der Waals surface area contributed by atoms with Crippen LogP contribution in [-0.2, 0) is 19.0 Å². The van der Waals surface area contributed by atoms with Crippen molar-refractivity contribution in [3.8, 4) is 0 Å². The van der Waals surface area contributed by atoms with Gasteiger partial charge in [-0.3, -0.25) is 4.79 Å². The topological polar surface area (TPSA) is 114 Å². The molecule has 1 aliphatic heterocycles. The van der Waals surface area contributed by atoms with Crippen LogP contribution in [0.1, 0.15) is 120 Å². The van der Waals surface area contributed by atoms with Crippen molar-refractivity contribution in [2.24, 2.45) is 50.7 Å². The zero-order chi connectivity index (χ0) is 32.3. The number of hydrogen-bond acceptors (Lipinski definition) is 7. The number of amides is 1. The Bertz CT molecular complexity index is 1170. The maximum atomic E-state index is 12.6. The normalized spacial score (nSPS) is 49.2. The molecule has 13 atom stereocenters. The van der Waals surface area contributed by atoms with Crippen LogP contribution in [-0.4, -0.2) is 64.9 Å². The lowest BCUT2D eigenvalue weighted by Gasteiger charge is -2.63. The minimum Gasteiger partial charge on any atom is -0.457 e. The van der Waals surface area contributed by atoms with E-state index in [2.05, 4.69) is 39.9 Å². The second kappa shape index (κ2) is 10.3. The molecule has 250 valence electrons. The van der Waals surface area contributed by atoms with Gasteiger partial charge in [-0.2, -0.15) is 0 Å². The lowest BCUT2D eigenvalue weighted by Crippen LogP contribution is -2.60. The molecule has 1 amide bonds. The van der Waals surface area contributed by atoms with Crippen LogP contribution in [0.3, 0.4) is 0 Å². The average molecular weight is 618 g/mol. The fraction of sp³-hybridized carbons (Fsp3) is 0.944. The number of carbonyl (C=O) groups is 2. The molecular formula is C36H59NO7. The molecule has 3 unspecified atom stereocenters. The first-order chi connectivity index (χ1) is 20.4. The number of aliphatic hydroxyl groups is 2. The van der Waals surface area contributed by atoms with E-state index in [1.807, 2.05) is 6.92 Å². The Morgan fingerprint density at radius 2 is 1.70 bits per heavy atom. The number of ether oxygens (including phenoxy) is 3. The molecule has 6 rings (SSSR count). The van der Waals surface area contributed by atoms with E-state index in [1.54, 1.807) is 13.8 Å². The summed E-state index contributed by atoms with van der Waals surface area (Å²) in [5.74, 6) is 0.917. The summed E-state index contributed by atoms with van der Waals surface area (Å²) in [6, 6.07) is 0. The third-order valence-electron chi connectivity index (χ3n) is 14.9. The Morgan fingerprint density at radius 1 is 1.05 bits per heavy atom. The quantitative estimate of drug-likeness (QED) is 0.313. The van der Waals surface area contributed by atoms with Gasteiger partial charge in [-0.05, 0) is 112 Å². The van der Waals surface area contributed by atoms with Crippen molar-refractivity contribution >= 4 is 12.1 Å². The third-order valence-corrected chi connectivity index (χ3v) is 14.9. The van der Waals surface area contributed by atoms with Gasteiger partial charge in [0.15, 0.2) is 6.10 Å². The minimum atomic E-state index is -1.26. The highest BCUT2D eigenvalue weighted by molar-refractivity contribution is 5.67. The second-order valence-electron chi connectivity index (χ2n) is 17.6. The fourth-order valence-electron chi connectivity index (χ4n) is 13.0. The molecule has 8 nitrogen and oxygen atoms in total. The summed E-state index contributed by atoms with van der Waals surface area (Å²) in [7, 11) is 0. The summed E-state index contributed by atoms with van der Waals surface area (Å²) >= 11 is 0. The average Bonchev–Trinajstić information content (AvgIpc) is 3.56. The molecule has 8 heteroatoms. The van der Waals surface area contributed by atoms with Gasteiger partial charge in [0, 0.05) is 24.3 Å². The van der Waals surface area contributed by atoms with Crippen LogP contribution in [0.4, 0.5) is 4.79 Å². The van der Waals surface area contributed by atoms with E-state index in [-0.39, 0.29) is 57.2 Å². The zero-order valence-corrected chi connectivity index (χ0v) is 28.7. The summed E-state index contributed by atoms with van der Waals surface area (Å²) in [5, 5.41) is 26.4. The van der Waals surface area contributed by atoms with E-state index in [1.165, 1.54) is 19.8 Å². The van der Waals surface area contributed by atoms with Crippen LogP contribution in [0.2, 0.25) is 0 Å². The van der Waals surface area contributed by atoms with Gasteiger partial charge in [0.2, 0.25) is 0 Å². The first-order valence-corrected chi connectivity index (χ1v) is 17.6. The highest BCUT2D eigenvalue weighted by atomic mass is 16.6. The smallest absolute Gasteiger partial charge is 0.407 e. The van der Waals surface area contributed by atoms with Crippen molar-refractivity contribution < 1.29 is 34.0 Å². The third kappa shape index (κ3) is 4.24. The largest absolute Gasteiger partial charge is 0.457 e. The van der Waals surface area contributed by atoms with Crippen molar-refractivity contribution in [1.82, 2.24) is 5.32 Å². The van der Waals surface area contributed by atoms with Crippen molar-refractivity contribution in [3.63, 3.8) is 0 Å². The van der Waals surface area contributed by atoms with Gasteiger partial charge in [0.05, 0.1) is 23.9 Å². The molecule has 0 radical (unpaired) electrons. The van der Waals surface area contributed by atoms with E-state index >= 15 is 0 Å². The maximum absolute atomic E-state index is 12.6. The number of aliphatic hydroxyl groups excluding tert-OH is 1. The molecule has 6 fully saturated rings. The van der Waals surface area contributed by atoms with Crippen LogP contribution >= 0.6 is 0 Å². The monoisotopic (exact) mass is 617 g/mol. The lowest BCUT2D eigenvalue weighted by molar-refractivity contribution is -0.216. The predicted octanol–water partition coefficient (Wildman–Crippen LogP) is 6.01. The van der Waals surface area contributed by atoms with Crippen molar-refractivity contribution in [1.29, 1.82) is 0 Å². The lowest BCUT2D eigenvalue weighted by atomic mass is 9.41. The van der Waals surface area contributed by atoms with Crippen LogP contribution in [0, 0.1) is 50.7 Å². The van der Waals surface area contributed by atoms with Gasteiger partial charge < -0.3 is 29.7 Å². The number of alkyl carbamates (subject to hydrolysis) is 1. The molecule has 0 aromatic rings. The van der Waals surface area contributed by atoms with E-state index < -0.39 is 29.9 Å². The SMILES string of the molecule is CCCNC(=O)O[C@H]1CC[C@]23C[C@]24CC[C@]2(C)[C@@H]5C(OC([C@H](OC(C)=O)C(C)(C)O)C[C@H]5C)[C@H](O)[C@@]2(C)C4CC[C@H]3C1(C)C. The first-order valence-electron chi connectivity index (χ1n) is 17.6. The summed E-state index contributed by atoms with van der Waals surface area (Å²) in [4.78, 5) is 24.6. The van der Waals surface area contributed by atoms with Crippen LogP contribution in [0.5, 0.6) is 0 Å². The number of carbonyl (C=O) groups excluding carboxylic acids is 2. The van der Waals surface area contributed by atoms with E-state index in [0.717, 1.165) is 38.5 Å². The molecule has 2 spiro atoms. The summed E-state index contributed by atoms with van der Waals surface area (Å²) in [5.41, 5.74) is -1.29. The Morgan fingerprint density at radius 3 is 2.34 bits per heavy atom. The Hall–Kier alpha value is -1.38.